The van der Waals surface area contributed by atoms with Gasteiger partial charge in [0.05, 0.1) is 5.52 Å². The average molecular weight is 247 g/mol. The lowest BCUT2D eigenvalue weighted by molar-refractivity contribution is 0.633. The Morgan fingerprint density at radius 1 is 1.29 bits per heavy atom. The van der Waals surface area contributed by atoms with E-state index < -0.39 is 0 Å². The lowest BCUT2D eigenvalue weighted by atomic mass is 9.90. The minimum absolute atomic E-state index is 0.194. The lowest BCUT2D eigenvalue weighted by Gasteiger charge is -2.18. The fraction of sp³-hybridized carbons (Fsp3) is 0.357. The molecule has 2 nitrogen and oxygen atoms in total. The molecule has 1 aromatic carbocycles. The van der Waals surface area contributed by atoms with Gasteiger partial charge in [-0.15, -0.1) is 0 Å². The molecule has 1 fully saturated rings. The van der Waals surface area contributed by atoms with Gasteiger partial charge in [0.1, 0.15) is 0 Å². The van der Waals surface area contributed by atoms with E-state index in [9.17, 15) is 0 Å². The monoisotopic (exact) mass is 246 g/mol. The highest BCUT2D eigenvalue weighted by Gasteiger charge is 2.45. The summed E-state index contributed by atoms with van der Waals surface area (Å²) in [5.74, 6) is 0. The molecule has 0 atom stereocenters. The summed E-state index contributed by atoms with van der Waals surface area (Å²) in [6, 6.07) is 8.06. The Kier molecular flexibility index (Phi) is 2.57. The van der Waals surface area contributed by atoms with E-state index in [4.69, 9.17) is 17.3 Å². The third-order valence-electron chi connectivity index (χ3n) is 3.73. The molecule has 1 saturated carbocycles. The molecule has 0 unspecified atom stereocenters. The number of nitrogens with zero attached hydrogens (tertiary/aromatic N) is 1. The largest absolute Gasteiger partial charge is 0.330 e. The van der Waals surface area contributed by atoms with Crippen molar-refractivity contribution in [2.75, 3.05) is 6.54 Å². The van der Waals surface area contributed by atoms with E-state index in [-0.39, 0.29) is 5.41 Å². The summed E-state index contributed by atoms with van der Waals surface area (Å²) in [5.41, 5.74) is 8.17. The Morgan fingerprint density at radius 3 is 2.82 bits per heavy atom. The summed E-state index contributed by atoms with van der Waals surface area (Å²) >= 11 is 6.38. The Morgan fingerprint density at radius 2 is 2.12 bits per heavy atom. The van der Waals surface area contributed by atoms with Crippen molar-refractivity contribution in [2.45, 2.75) is 24.7 Å². The van der Waals surface area contributed by atoms with Gasteiger partial charge in [0.2, 0.25) is 0 Å². The predicted octanol–water partition coefficient (Wildman–Crippen LogP) is 3.27. The number of hydrogen-bond acceptors (Lipinski definition) is 2. The second-order valence-electron chi connectivity index (χ2n) is 4.82. The molecule has 0 aliphatic heterocycles. The molecule has 17 heavy (non-hydrogen) atoms. The van der Waals surface area contributed by atoms with Crippen LogP contribution in [-0.2, 0) is 5.41 Å². The van der Waals surface area contributed by atoms with Crippen LogP contribution < -0.4 is 5.73 Å². The quantitative estimate of drug-likeness (QED) is 0.903. The molecule has 0 amide bonds. The van der Waals surface area contributed by atoms with E-state index in [0.717, 1.165) is 22.3 Å². The summed E-state index contributed by atoms with van der Waals surface area (Å²) < 4.78 is 0. The van der Waals surface area contributed by atoms with Gasteiger partial charge in [-0.2, -0.15) is 0 Å². The number of pyridine rings is 1. The summed E-state index contributed by atoms with van der Waals surface area (Å²) in [7, 11) is 0. The van der Waals surface area contributed by atoms with Gasteiger partial charge in [-0.1, -0.05) is 23.7 Å². The molecule has 1 aliphatic rings. The molecule has 0 radical (unpaired) electrons. The molecule has 0 bridgehead atoms. The van der Waals surface area contributed by atoms with Crippen LogP contribution in [0.2, 0.25) is 5.02 Å². The fourth-order valence-electron chi connectivity index (χ4n) is 2.68. The number of rotatable bonds is 3. The van der Waals surface area contributed by atoms with E-state index in [1.165, 1.54) is 18.4 Å². The van der Waals surface area contributed by atoms with Crippen LogP contribution in [0.5, 0.6) is 0 Å². The minimum atomic E-state index is 0.194. The standard InChI is InChI=1S/C14H15ClN2/c15-11-4-3-10-2-1-9-17-13(10)12(11)14(5-6-14)7-8-16/h1-4,9H,5-8,16H2. The zero-order valence-corrected chi connectivity index (χ0v) is 10.4. The highest BCUT2D eigenvalue weighted by atomic mass is 35.5. The van der Waals surface area contributed by atoms with E-state index in [1.54, 1.807) is 0 Å². The summed E-state index contributed by atoms with van der Waals surface area (Å²) in [6.45, 7) is 0.708. The number of nitrogens with two attached hydrogens (primary N) is 1. The molecule has 88 valence electrons. The first-order chi connectivity index (χ1) is 8.27. The maximum Gasteiger partial charge on any atom is 0.0754 e. The highest BCUT2D eigenvalue weighted by Crippen LogP contribution is 2.54. The SMILES string of the molecule is NCCC1(c2c(Cl)ccc3cccnc23)CC1. The van der Waals surface area contributed by atoms with Gasteiger partial charge in [-0.25, -0.2) is 0 Å². The third kappa shape index (κ3) is 1.72. The molecule has 2 N–H and O–H groups in total. The molecule has 0 saturated heterocycles. The molecular weight excluding hydrogens is 232 g/mol. The number of aromatic nitrogens is 1. The van der Waals surface area contributed by atoms with E-state index in [1.807, 2.05) is 24.4 Å². The summed E-state index contributed by atoms with van der Waals surface area (Å²) in [5, 5.41) is 2.00. The highest BCUT2D eigenvalue weighted by molar-refractivity contribution is 6.32. The Labute approximate surface area is 106 Å². The Hall–Kier alpha value is -1.12. The predicted molar refractivity (Wildman–Crippen MR) is 71.3 cm³/mol. The van der Waals surface area contributed by atoms with Gasteiger partial charge < -0.3 is 5.73 Å². The maximum absolute atomic E-state index is 6.38. The molecule has 2 aromatic rings. The van der Waals surface area contributed by atoms with Crippen molar-refractivity contribution in [3.05, 3.63) is 41.0 Å². The van der Waals surface area contributed by atoms with Crippen LogP contribution in [-0.4, -0.2) is 11.5 Å². The van der Waals surface area contributed by atoms with Crippen molar-refractivity contribution in [1.82, 2.24) is 4.98 Å². The minimum Gasteiger partial charge on any atom is -0.330 e. The first-order valence-electron chi connectivity index (χ1n) is 6.01. The molecule has 1 aromatic heterocycles. The van der Waals surface area contributed by atoms with Gasteiger partial charge in [0, 0.05) is 27.6 Å². The van der Waals surface area contributed by atoms with Crippen molar-refractivity contribution >= 4 is 22.5 Å². The smallest absolute Gasteiger partial charge is 0.0754 e. The van der Waals surface area contributed by atoms with E-state index >= 15 is 0 Å². The maximum atomic E-state index is 6.38. The molecule has 1 heterocycles. The van der Waals surface area contributed by atoms with Crippen LogP contribution in [0.1, 0.15) is 24.8 Å². The van der Waals surface area contributed by atoms with Crippen molar-refractivity contribution in [3.8, 4) is 0 Å². The first-order valence-corrected chi connectivity index (χ1v) is 6.38. The summed E-state index contributed by atoms with van der Waals surface area (Å²) in [4.78, 5) is 4.51. The van der Waals surface area contributed by atoms with Crippen LogP contribution in [0.25, 0.3) is 10.9 Å². The van der Waals surface area contributed by atoms with Gasteiger partial charge in [0.15, 0.2) is 0 Å². The molecule has 1 aliphatic carbocycles. The van der Waals surface area contributed by atoms with E-state index in [2.05, 4.69) is 11.1 Å². The number of hydrogen-bond donors (Lipinski definition) is 1. The number of fused-ring (bicyclic) bond motifs is 1. The second kappa shape index (κ2) is 3.97. The zero-order chi connectivity index (χ0) is 11.9. The van der Waals surface area contributed by atoms with Crippen LogP contribution in [0.4, 0.5) is 0 Å². The van der Waals surface area contributed by atoms with Gasteiger partial charge in [-0.05, 0) is 37.9 Å². The third-order valence-corrected chi connectivity index (χ3v) is 4.05. The molecule has 3 heteroatoms. The average Bonchev–Trinajstić information content (AvgIpc) is 3.10. The van der Waals surface area contributed by atoms with Crippen LogP contribution >= 0.6 is 11.6 Å². The normalized spacial score (nSPS) is 17.3. The Balaban J connectivity index is 2.24. The van der Waals surface area contributed by atoms with Gasteiger partial charge in [0.25, 0.3) is 0 Å². The molecule has 3 rings (SSSR count). The topological polar surface area (TPSA) is 38.9 Å². The van der Waals surface area contributed by atoms with Crippen LogP contribution in [0.3, 0.4) is 0 Å². The second-order valence-corrected chi connectivity index (χ2v) is 5.22. The molecular formula is C14H15ClN2. The van der Waals surface area contributed by atoms with Crippen molar-refractivity contribution in [3.63, 3.8) is 0 Å². The van der Waals surface area contributed by atoms with Gasteiger partial charge in [-0.3, -0.25) is 4.98 Å². The van der Waals surface area contributed by atoms with Crippen molar-refractivity contribution in [2.24, 2.45) is 5.73 Å². The lowest BCUT2D eigenvalue weighted by Crippen LogP contribution is -2.14. The van der Waals surface area contributed by atoms with Crippen molar-refractivity contribution < 1.29 is 0 Å². The van der Waals surface area contributed by atoms with Crippen molar-refractivity contribution in [1.29, 1.82) is 0 Å². The molecule has 0 spiro atoms. The summed E-state index contributed by atoms with van der Waals surface area (Å²) in [6.07, 6.45) is 5.20. The zero-order valence-electron chi connectivity index (χ0n) is 9.62. The Bertz CT molecular complexity index is 561. The first kappa shape index (κ1) is 11.0. The fourth-order valence-corrected chi connectivity index (χ4v) is 3.03. The number of halogens is 1. The number of benzene rings is 1. The van der Waals surface area contributed by atoms with Crippen LogP contribution in [0, 0.1) is 0 Å². The van der Waals surface area contributed by atoms with Gasteiger partial charge >= 0.3 is 0 Å². The van der Waals surface area contributed by atoms with E-state index in [0.29, 0.717) is 6.54 Å². The van der Waals surface area contributed by atoms with Crippen LogP contribution in [0.15, 0.2) is 30.5 Å².